The smallest absolute Gasteiger partial charge is 0.416 e. The van der Waals surface area contributed by atoms with Gasteiger partial charge >= 0.3 is 18.1 Å². The first kappa shape index (κ1) is 22.9. The third-order valence-corrected chi connectivity index (χ3v) is 3.94. The van der Waals surface area contributed by atoms with Gasteiger partial charge in [0.2, 0.25) is 0 Å². The molecule has 1 N–H and O–H groups in total. The van der Waals surface area contributed by atoms with Gasteiger partial charge in [0.25, 0.3) is 5.91 Å². The summed E-state index contributed by atoms with van der Waals surface area (Å²) in [6, 6.07) is 6.07. The van der Waals surface area contributed by atoms with Gasteiger partial charge in [-0.1, -0.05) is 19.9 Å². The van der Waals surface area contributed by atoms with Crippen LogP contribution in [0.25, 0.3) is 0 Å². The fourth-order valence-corrected chi connectivity index (χ4v) is 2.39. The normalized spacial score (nSPS) is 11.2. The number of hydrogen-bond acceptors (Lipinski definition) is 6. The van der Waals surface area contributed by atoms with Gasteiger partial charge in [0.1, 0.15) is 11.4 Å². The van der Waals surface area contributed by atoms with E-state index in [1.807, 2.05) is 0 Å². The van der Waals surface area contributed by atoms with Gasteiger partial charge in [0.15, 0.2) is 0 Å². The molecule has 1 aromatic heterocycles. The summed E-state index contributed by atoms with van der Waals surface area (Å²) in [7, 11) is 1.01. The molecule has 0 saturated heterocycles. The number of carbonyl (C=O) groups is 3. The minimum Gasteiger partial charge on any atom is -0.465 e. The molecule has 0 radical (unpaired) electrons. The molecule has 2 aromatic rings. The van der Waals surface area contributed by atoms with Crippen molar-refractivity contribution in [3.63, 3.8) is 0 Å². The van der Waals surface area contributed by atoms with Crippen LogP contribution >= 0.6 is 0 Å². The highest BCUT2D eigenvalue weighted by atomic mass is 19.4. The zero-order valence-corrected chi connectivity index (χ0v) is 16.4. The Labute approximate surface area is 170 Å². The first-order valence-corrected chi connectivity index (χ1v) is 8.78. The largest absolute Gasteiger partial charge is 0.465 e. The lowest BCUT2D eigenvalue weighted by molar-refractivity contribution is -0.140. The Morgan fingerprint density at radius 3 is 2.40 bits per heavy atom. The van der Waals surface area contributed by atoms with Gasteiger partial charge in [-0.15, -0.1) is 0 Å². The van der Waals surface area contributed by atoms with Crippen molar-refractivity contribution >= 4 is 17.8 Å². The molecule has 0 fully saturated rings. The summed E-state index contributed by atoms with van der Waals surface area (Å²) < 4.78 is 50.7. The van der Waals surface area contributed by atoms with Gasteiger partial charge in [-0.2, -0.15) is 13.2 Å². The molecule has 7 nitrogen and oxygen atoms in total. The quantitative estimate of drug-likeness (QED) is 0.564. The second-order valence-electron chi connectivity index (χ2n) is 6.46. The van der Waals surface area contributed by atoms with E-state index in [0.29, 0.717) is 6.07 Å². The molecule has 30 heavy (non-hydrogen) atoms. The fraction of sp³-hybridized carbons (Fsp3) is 0.300. The number of nitrogens with zero attached hydrogens (tertiary/aromatic N) is 1. The zero-order valence-electron chi connectivity index (χ0n) is 16.4. The van der Waals surface area contributed by atoms with E-state index in [1.54, 1.807) is 12.1 Å². The third-order valence-electron chi connectivity index (χ3n) is 3.94. The lowest BCUT2D eigenvalue weighted by Crippen LogP contribution is -2.27. The van der Waals surface area contributed by atoms with Gasteiger partial charge in [-0.05, 0) is 24.3 Å². The van der Waals surface area contributed by atoms with Crippen LogP contribution < -0.4 is 10.1 Å². The van der Waals surface area contributed by atoms with Gasteiger partial charge in [0, 0.05) is 18.3 Å². The van der Waals surface area contributed by atoms with Crippen LogP contribution in [-0.2, 0) is 22.3 Å². The number of amides is 1. The molecule has 0 aliphatic heterocycles. The lowest BCUT2D eigenvalue weighted by Gasteiger charge is -2.19. The third kappa shape index (κ3) is 5.56. The molecule has 0 saturated carbocycles. The average Bonchev–Trinajstić information content (AvgIpc) is 2.71. The number of esters is 2. The second-order valence-corrected chi connectivity index (χ2v) is 6.46. The van der Waals surface area contributed by atoms with Crippen LogP contribution in [-0.4, -0.2) is 29.9 Å². The maximum absolute atomic E-state index is 13.7. The first-order valence-electron chi connectivity index (χ1n) is 8.78. The van der Waals surface area contributed by atoms with Crippen LogP contribution in [0.15, 0.2) is 36.5 Å². The first-order chi connectivity index (χ1) is 14.0. The number of aromatic nitrogens is 1. The second kappa shape index (κ2) is 9.38. The van der Waals surface area contributed by atoms with Gasteiger partial charge < -0.3 is 14.8 Å². The van der Waals surface area contributed by atoms with E-state index in [2.05, 4.69) is 15.0 Å². The molecule has 1 aromatic carbocycles. The highest BCUT2D eigenvalue weighted by molar-refractivity contribution is 5.92. The van der Waals surface area contributed by atoms with Crippen molar-refractivity contribution < 1.29 is 37.0 Å². The maximum atomic E-state index is 13.7. The molecular weight excluding hydrogens is 405 g/mol. The Morgan fingerprint density at radius 2 is 1.87 bits per heavy atom. The molecule has 160 valence electrons. The van der Waals surface area contributed by atoms with Crippen molar-refractivity contribution in [2.45, 2.75) is 26.6 Å². The number of methoxy groups -OCH3 is 1. The predicted molar refractivity (Wildman–Crippen MR) is 98.7 cm³/mol. The van der Waals surface area contributed by atoms with Crippen LogP contribution in [0.1, 0.15) is 45.8 Å². The average molecular weight is 424 g/mol. The van der Waals surface area contributed by atoms with Crippen molar-refractivity contribution in [1.29, 1.82) is 0 Å². The molecule has 0 spiro atoms. The van der Waals surface area contributed by atoms with Crippen LogP contribution in [0, 0.1) is 5.92 Å². The van der Waals surface area contributed by atoms with Crippen LogP contribution in [0.2, 0.25) is 0 Å². The number of ether oxygens (including phenoxy) is 2. The molecular formula is C20H19F3N2O5. The maximum Gasteiger partial charge on any atom is 0.416 e. The molecule has 1 amide bonds. The minimum atomic E-state index is -4.89. The number of pyridine rings is 1. The highest BCUT2D eigenvalue weighted by Crippen LogP contribution is 2.37. The van der Waals surface area contributed by atoms with E-state index in [4.69, 9.17) is 4.74 Å². The molecule has 0 bridgehead atoms. The number of rotatable bonds is 6. The SMILES string of the molecule is COC(=O)c1cc(OC(=O)C(C)C)c(CNC(=O)c2ccccn2)c(C(F)(F)F)c1. The van der Waals surface area contributed by atoms with Gasteiger partial charge in [-0.25, -0.2) is 4.79 Å². The summed E-state index contributed by atoms with van der Waals surface area (Å²) in [5.41, 5.74) is -2.19. The number of carbonyl (C=O) groups excluding carboxylic acids is 3. The van der Waals surface area contributed by atoms with E-state index < -0.39 is 58.9 Å². The van der Waals surface area contributed by atoms with Crippen molar-refractivity contribution in [3.05, 3.63) is 58.9 Å². The van der Waals surface area contributed by atoms with E-state index in [-0.39, 0.29) is 5.69 Å². The highest BCUT2D eigenvalue weighted by Gasteiger charge is 2.36. The summed E-state index contributed by atoms with van der Waals surface area (Å²) in [5.74, 6) is -3.70. The van der Waals surface area contributed by atoms with E-state index in [0.717, 1.165) is 13.2 Å². The minimum absolute atomic E-state index is 0.00188. The summed E-state index contributed by atoms with van der Waals surface area (Å²) >= 11 is 0. The Kier molecular flexibility index (Phi) is 7.14. The number of alkyl halides is 3. The monoisotopic (exact) mass is 424 g/mol. The van der Waals surface area contributed by atoms with Crippen LogP contribution in [0.4, 0.5) is 13.2 Å². The Hall–Kier alpha value is -3.43. The van der Waals surface area contributed by atoms with Crippen molar-refractivity contribution in [2.24, 2.45) is 5.92 Å². The molecule has 10 heteroatoms. The zero-order chi connectivity index (χ0) is 22.5. The predicted octanol–water partition coefficient (Wildman–Crippen LogP) is 3.38. The molecule has 0 aliphatic carbocycles. The van der Waals surface area contributed by atoms with E-state index in [1.165, 1.54) is 26.1 Å². The number of nitrogens with one attached hydrogen (secondary N) is 1. The number of halogens is 3. The molecule has 1 heterocycles. The van der Waals surface area contributed by atoms with Crippen molar-refractivity contribution in [1.82, 2.24) is 10.3 Å². The van der Waals surface area contributed by atoms with Gasteiger partial charge in [-0.3, -0.25) is 14.6 Å². The fourth-order valence-electron chi connectivity index (χ4n) is 2.39. The summed E-state index contributed by atoms with van der Waals surface area (Å²) in [6.45, 7) is 2.38. The van der Waals surface area contributed by atoms with Crippen molar-refractivity contribution in [3.8, 4) is 5.75 Å². The summed E-state index contributed by atoms with van der Waals surface area (Å²) in [6.07, 6.45) is -3.54. The van der Waals surface area contributed by atoms with Gasteiger partial charge in [0.05, 0.1) is 24.2 Å². The van der Waals surface area contributed by atoms with Crippen LogP contribution in [0.3, 0.4) is 0 Å². The number of hydrogen-bond donors (Lipinski definition) is 1. The molecule has 2 rings (SSSR count). The van der Waals surface area contributed by atoms with Crippen LogP contribution in [0.5, 0.6) is 5.75 Å². The lowest BCUT2D eigenvalue weighted by atomic mass is 10.0. The molecule has 0 atom stereocenters. The Balaban J connectivity index is 2.51. The Morgan fingerprint density at radius 1 is 1.17 bits per heavy atom. The standard InChI is InChI=1S/C20H19F3N2O5/c1-11(2)18(27)30-16-9-12(19(28)29-3)8-14(20(21,22)23)13(16)10-25-17(26)15-6-4-5-7-24-15/h4-9,11H,10H2,1-3H3,(H,25,26). The number of benzene rings is 1. The van der Waals surface area contributed by atoms with E-state index in [9.17, 15) is 27.6 Å². The molecule has 0 aliphatic rings. The van der Waals surface area contributed by atoms with Crippen molar-refractivity contribution in [2.75, 3.05) is 7.11 Å². The molecule has 0 unspecified atom stereocenters. The Bertz CT molecular complexity index is 943. The summed E-state index contributed by atoms with van der Waals surface area (Å²) in [5, 5.41) is 2.32. The summed E-state index contributed by atoms with van der Waals surface area (Å²) in [4.78, 5) is 39.9. The van der Waals surface area contributed by atoms with E-state index >= 15 is 0 Å². The topological polar surface area (TPSA) is 94.6 Å².